The van der Waals surface area contributed by atoms with Gasteiger partial charge < -0.3 is 19.9 Å². The van der Waals surface area contributed by atoms with Gasteiger partial charge in [0.2, 0.25) is 5.91 Å². The zero-order valence-electron chi connectivity index (χ0n) is 21.6. The molecule has 2 heterocycles. The summed E-state index contributed by atoms with van der Waals surface area (Å²) in [6, 6.07) is 23.2. The van der Waals surface area contributed by atoms with Crippen molar-refractivity contribution in [2.75, 3.05) is 38.1 Å². The van der Waals surface area contributed by atoms with Crippen LogP contribution in [0.25, 0.3) is 0 Å². The molecule has 1 aliphatic rings. The molecule has 1 amide bonds. The molecule has 6 heteroatoms. The topological polar surface area (TPSA) is 44.8 Å². The van der Waals surface area contributed by atoms with Crippen molar-refractivity contribution in [3.05, 3.63) is 82.6 Å². The largest absolute Gasteiger partial charge is 0.485 e. The minimum Gasteiger partial charge on any atom is -0.485 e. The van der Waals surface area contributed by atoms with Gasteiger partial charge in [0.15, 0.2) is 0 Å². The van der Waals surface area contributed by atoms with Crippen LogP contribution < -0.4 is 15.0 Å². The monoisotopic (exact) mass is 505 g/mol. The van der Waals surface area contributed by atoms with Gasteiger partial charge in [-0.2, -0.15) is 0 Å². The molecule has 0 aliphatic carbocycles. The molecule has 1 saturated heterocycles. The van der Waals surface area contributed by atoms with Crippen LogP contribution in [0.4, 0.5) is 5.69 Å². The van der Waals surface area contributed by atoms with Crippen molar-refractivity contribution < 1.29 is 9.53 Å². The molecule has 0 bridgehead atoms. The molecule has 3 aromatic rings. The van der Waals surface area contributed by atoms with Crippen molar-refractivity contribution in [1.82, 2.24) is 10.2 Å². The van der Waals surface area contributed by atoms with Crippen LogP contribution in [-0.2, 0) is 11.2 Å². The molecule has 36 heavy (non-hydrogen) atoms. The van der Waals surface area contributed by atoms with Crippen LogP contribution in [0, 0.1) is 0 Å². The van der Waals surface area contributed by atoms with E-state index in [4.69, 9.17) is 4.74 Å². The first-order valence-corrected chi connectivity index (χ1v) is 14.1. The molecule has 1 N–H and O–H groups in total. The van der Waals surface area contributed by atoms with E-state index in [2.05, 4.69) is 64.1 Å². The Morgan fingerprint density at radius 1 is 1.08 bits per heavy atom. The van der Waals surface area contributed by atoms with Crippen molar-refractivity contribution in [1.29, 1.82) is 0 Å². The van der Waals surface area contributed by atoms with Gasteiger partial charge in [0.25, 0.3) is 0 Å². The van der Waals surface area contributed by atoms with Gasteiger partial charge in [0, 0.05) is 49.1 Å². The summed E-state index contributed by atoms with van der Waals surface area (Å²) in [6.07, 6.45) is 4.50. The van der Waals surface area contributed by atoms with Gasteiger partial charge in [-0.05, 0) is 68.1 Å². The third-order valence-electron chi connectivity index (χ3n) is 6.98. The van der Waals surface area contributed by atoms with E-state index in [1.807, 2.05) is 37.1 Å². The van der Waals surface area contributed by atoms with Gasteiger partial charge in [0.1, 0.15) is 11.9 Å². The maximum absolute atomic E-state index is 12.8. The summed E-state index contributed by atoms with van der Waals surface area (Å²) in [6.45, 7) is 5.89. The number of para-hydroxylation sites is 2. The number of hydrogen-bond acceptors (Lipinski definition) is 5. The highest BCUT2D eigenvalue weighted by Crippen LogP contribution is 2.31. The number of piperidine rings is 1. The van der Waals surface area contributed by atoms with Crippen LogP contribution in [0.15, 0.2) is 72.1 Å². The summed E-state index contributed by atoms with van der Waals surface area (Å²) < 4.78 is 6.58. The fourth-order valence-electron chi connectivity index (χ4n) is 4.98. The summed E-state index contributed by atoms with van der Waals surface area (Å²) in [5.74, 6) is 1.20. The molecule has 0 radical (unpaired) electrons. The van der Waals surface area contributed by atoms with Crippen molar-refractivity contribution in [3.63, 3.8) is 0 Å². The van der Waals surface area contributed by atoms with Gasteiger partial charge in [-0.15, -0.1) is 11.3 Å². The number of anilines is 1. The molecule has 1 fully saturated rings. The second-order valence-electron chi connectivity index (χ2n) is 9.40. The van der Waals surface area contributed by atoms with Crippen LogP contribution in [-0.4, -0.2) is 50.1 Å². The molecule has 4 rings (SSSR count). The Bertz CT molecular complexity index is 1050. The Morgan fingerprint density at radius 3 is 2.53 bits per heavy atom. The third kappa shape index (κ3) is 6.96. The lowest BCUT2D eigenvalue weighted by Crippen LogP contribution is -2.47. The lowest BCUT2D eigenvalue weighted by atomic mass is 10.0. The minimum absolute atomic E-state index is 0.0643. The summed E-state index contributed by atoms with van der Waals surface area (Å²) >= 11 is 1.76. The average molecular weight is 506 g/mol. The number of nitrogens with one attached hydrogen (secondary N) is 1. The minimum atomic E-state index is 0.0643. The summed E-state index contributed by atoms with van der Waals surface area (Å²) in [5, 5.41) is 5.37. The van der Waals surface area contributed by atoms with E-state index in [9.17, 15) is 4.79 Å². The van der Waals surface area contributed by atoms with Crippen molar-refractivity contribution in [2.45, 2.75) is 51.2 Å². The lowest BCUT2D eigenvalue weighted by Gasteiger charge is -2.38. The van der Waals surface area contributed by atoms with Crippen molar-refractivity contribution >= 4 is 22.9 Å². The summed E-state index contributed by atoms with van der Waals surface area (Å²) in [4.78, 5) is 18.6. The maximum Gasteiger partial charge on any atom is 0.226 e. The number of thiophene rings is 1. The lowest BCUT2D eigenvalue weighted by molar-refractivity contribution is -0.119. The first-order chi connectivity index (χ1) is 17.7. The van der Waals surface area contributed by atoms with E-state index < -0.39 is 0 Å². The summed E-state index contributed by atoms with van der Waals surface area (Å²) in [5.41, 5.74) is 2.28. The fraction of sp³-hybridized carbons (Fsp3) is 0.433. The van der Waals surface area contributed by atoms with Crippen molar-refractivity contribution in [3.8, 4) is 5.75 Å². The molecule has 5 nitrogen and oxygen atoms in total. The highest BCUT2D eigenvalue weighted by molar-refractivity contribution is 7.10. The highest BCUT2D eigenvalue weighted by Gasteiger charge is 2.28. The number of carbonyl (C=O) groups is 1. The van der Waals surface area contributed by atoms with Gasteiger partial charge in [-0.1, -0.05) is 49.4 Å². The molecule has 0 saturated carbocycles. The van der Waals surface area contributed by atoms with E-state index in [1.165, 1.54) is 10.4 Å². The van der Waals surface area contributed by atoms with Gasteiger partial charge in [-0.25, -0.2) is 0 Å². The Hall–Kier alpha value is -2.67. The van der Waals surface area contributed by atoms with Crippen LogP contribution in [0.2, 0.25) is 0 Å². The Morgan fingerprint density at radius 2 is 1.83 bits per heavy atom. The van der Waals surface area contributed by atoms with Crippen LogP contribution in [0.3, 0.4) is 0 Å². The normalized spacial score (nSPS) is 15.5. The molecular weight excluding hydrogens is 466 g/mol. The van der Waals surface area contributed by atoms with Gasteiger partial charge in [-0.3, -0.25) is 4.79 Å². The second-order valence-corrected chi connectivity index (χ2v) is 10.4. The van der Waals surface area contributed by atoms with E-state index in [-0.39, 0.29) is 18.1 Å². The first kappa shape index (κ1) is 26.4. The predicted molar refractivity (Wildman–Crippen MR) is 150 cm³/mol. The standard InChI is InChI=1S/C30H39N3O2S/c1-3-30(34)33(25-11-5-4-6-12-25)26-17-21-32(22-18-26)20-16-24-10-7-8-13-27(24)35-28(15-19-31-2)29-14-9-23-36-29/h4-14,23,26,28,31H,3,15-22H2,1-2H3. The average Bonchev–Trinajstić information content (AvgIpc) is 3.47. The third-order valence-corrected chi connectivity index (χ3v) is 7.95. The zero-order chi connectivity index (χ0) is 25.2. The molecule has 1 atom stereocenters. The number of likely N-dealkylation sites (tertiary alicyclic amines) is 1. The van der Waals surface area contributed by atoms with Gasteiger partial charge in [0.05, 0.1) is 0 Å². The van der Waals surface area contributed by atoms with Crippen LogP contribution in [0.1, 0.15) is 49.2 Å². The zero-order valence-corrected chi connectivity index (χ0v) is 22.4. The smallest absolute Gasteiger partial charge is 0.226 e. The van der Waals surface area contributed by atoms with Gasteiger partial charge >= 0.3 is 0 Å². The molecule has 1 aliphatic heterocycles. The second kappa shape index (κ2) is 13.6. The van der Waals surface area contributed by atoms with Crippen LogP contribution in [0.5, 0.6) is 5.75 Å². The fourth-order valence-corrected chi connectivity index (χ4v) is 5.77. The van der Waals surface area contributed by atoms with E-state index >= 15 is 0 Å². The maximum atomic E-state index is 12.8. The quantitative estimate of drug-likeness (QED) is 0.331. The summed E-state index contributed by atoms with van der Waals surface area (Å²) in [7, 11) is 1.99. The number of amides is 1. The number of hydrogen-bond donors (Lipinski definition) is 1. The van der Waals surface area contributed by atoms with E-state index in [0.717, 1.165) is 63.3 Å². The molecule has 0 spiro atoms. The number of carbonyl (C=O) groups excluding carboxylic acids is 1. The SMILES string of the molecule is CCC(=O)N(c1ccccc1)C1CCN(CCc2ccccc2OC(CCNC)c2cccs2)CC1. The number of ether oxygens (including phenoxy) is 1. The van der Waals surface area contributed by atoms with E-state index in [0.29, 0.717) is 6.42 Å². The predicted octanol–water partition coefficient (Wildman–Crippen LogP) is 5.93. The highest BCUT2D eigenvalue weighted by atomic mass is 32.1. The van der Waals surface area contributed by atoms with Crippen molar-refractivity contribution in [2.24, 2.45) is 0 Å². The molecule has 1 aromatic heterocycles. The molecular formula is C30H39N3O2S. The Kier molecular flexibility index (Phi) is 9.96. The number of nitrogens with zero attached hydrogens (tertiary/aromatic N) is 2. The molecule has 192 valence electrons. The Balaban J connectivity index is 1.35. The van der Waals surface area contributed by atoms with Crippen LogP contribution >= 0.6 is 11.3 Å². The molecule has 2 aromatic carbocycles. The number of rotatable bonds is 12. The Labute approximate surface area is 220 Å². The molecule has 1 unspecified atom stereocenters. The van der Waals surface area contributed by atoms with E-state index in [1.54, 1.807) is 11.3 Å². The number of benzene rings is 2. The first-order valence-electron chi connectivity index (χ1n) is 13.2.